The second-order valence-corrected chi connectivity index (χ2v) is 8.04. The molecule has 0 atom stereocenters. The number of aliphatic imine (C=N–C) groups is 1. The van der Waals surface area contributed by atoms with Crippen LogP contribution < -0.4 is 14.8 Å². The second kappa shape index (κ2) is 10.9. The van der Waals surface area contributed by atoms with Crippen LogP contribution in [-0.2, 0) is 20.9 Å². The summed E-state index contributed by atoms with van der Waals surface area (Å²) >= 11 is 6.52. The van der Waals surface area contributed by atoms with Gasteiger partial charge in [-0.3, -0.25) is 4.79 Å². The summed E-state index contributed by atoms with van der Waals surface area (Å²) in [7, 11) is 0. The minimum Gasteiger partial charge on any atom is -0.490 e. The first kappa shape index (κ1) is 24.0. The van der Waals surface area contributed by atoms with Gasteiger partial charge in [0.2, 0.25) is 11.8 Å². The van der Waals surface area contributed by atoms with Crippen molar-refractivity contribution in [2.45, 2.75) is 20.5 Å². The van der Waals surface area contributed by atoms with E-state index in [2.05, 4.69) is 10.3 Å². The summed E-state index contributed by atoms with van der Waals surface area (Å²) < 4.78 is 17.0. The average molecular weight is 491 g/mol. The first-order valence-corrected chi connectivity index (χ1v) is 11.3. The minimum absolute atomic E-state index is 0.127. The standard InChI is InChI=1S/C27H23ClN2O5/c1-3-33-24-15-19(13-22(28)25(24)34-16-18-7-5-4-6-8-18)14-23-27(32)35-26(30-23)20-9-11-21(12-10-20)29-17(2)31/h4-15H,3,16H2,1-2H3,(H,29,31)/b23-14-. The van der Waals surface area contributed by atoms with Crippen LogP contribution >= 0.6 is 11.6 Å². The first-order chi connectivity index (χ1) is 16.9. The number of ether oxygens (including phenoxy) is 3. The van der Waals surface area contributed by atoms with Crippen LogP contribution in [0.2, 0.25) is 5.02 Å². The third-order valence-corrected chi connectivity index (χ3v) is 5.21. The molecular weight excluding hydrogens is 468 g/mol. The molecule has 0 aliphatic carbocycles. The van der Waals surface area contributed by atoms with E-state index in [1.807, 2.05) is 37.3 Å². The molecule has 0 radical (unpaired) electrons. The fourth-order valence-corrected chi connectivity index (χ4v) is 3.67. The van der Waals surface area contributed by atoms with Crippen molar-refractivity contribution in [2.24, 2.45) is 4.99 Å². The number of nitrogens with zero attached hydrogens (tertiary/aromatic N) is 1. The lowest BCUT2D eigenvalue weighted by Gasteiger charge is -2.14. The molecular formula is C27H23ClN2O5. The summed E-state index contributed by atoms with van der Waals surface area (Å²) in [5.41, 5.74) is 2.98. The van der Waals surface area contributed by atoms with Gasteiger partial charge in [-0.1, -0.05) is 41.9 Å². The van der Waals surface area contributed by atoms with Gasteiger partial charge in [-0.05, 0) is 60.5 Å². The Labute approximate surface area is 208 Å². The number of hydrogen-bond donors (Lipinski definition) is 1. The lowest BCUT2D eigenvalue weighted by Crippen LogP contribution is -2.07. The SMILES string of the molecule is CCOc1cc(/C=C2\N=C(c3ccc(NC(C)=O)cc3)OC2=O)cc(Cl)c1OCc1ccccc1. The number of amides is 1. The molecule has 0 aromatic heterocycles. The molecule has 3 aromatic rings. The zero-order chi connectivity index (χ0) is 24.8. The Kier molecular flexibility index (Phi) is 7.48. The summed E-state index contributed by atoms with van der Waals surface area (Å²) in [6.07, 6.45) is 1.58. The number of hydrogen-bond acceptors (Lipinski definition) is 6. The molecule has 3 aromatic carbocycles. The van der Waals surface area contributed by atoms with E-state index in [1.54, 1.807) is 42.5 Å². The number of esters is 1. The molecule has 4 rings (SSSR count). The molecule has 0 fully saturated rings. The molecule has 35 heavy (non-hydrogen) atoms. The predicted molar refractivity (Wildman–Crippen MR) is 135 cm³/mol. The zero-order valence-corrected chi connectivity index (χ0v) is 20.0. The highest BCUT2D eigenvalue weighted by molar-refractivity contribution is 6.32. The van der Waals surface area contributed by atoms with Crippen LogP contribution in [-0.4, -0.2) is 24.4 Å². The third-order valence-electron chi connectivity index (χ3n) is 4.93. The number of halogens is 1. The van der Waals surface area contributed by atoms with Crippen LogP contribution in [0.15, 0.2) is 77.4 Å². The molecule has 1 amide bonds. The molecule has 0 spiro atoms. The van der Waals surface area contributed by atoms with Crippen LogP contribution in [0.4, 0.5) is 5.69 Å². The number of cyclic esters (lactones) is 1. The molecule has 0 saturated carbocycles. The Balaban J connectivity index is 1.57. The van der Waals surface area contributed by atoms with Gasteiger partial charge in [-0.25, -0.2) is 9.79 Å². The maximum atomic E-state index is 12.4. The van der Waals surface area contributed by atoms with Crippen molar-refractivity contribution in [3.05, 3.63) is 94.1 Å². The molecule has 178 valence electrons. The van der Waals surface area contributed by atoms with E-state index < -0.39 is 5.97 Å². The minimum atomic E-state index is -0.579. The highest BCUT2D eigenvalue weighted by atomic mass is 35.5. The van der Waals surface area contributed by atoms with Crippen LogP contribution in [0.3, 0.4) is 0 Å². The van der Waals surface area contributed by atoms with Gasteiger partial charge in [0.25, 0.3) is 0 Å². The van der Waals surface area contributed by atoms with Gasteiger partial charge < -0.3 is 19.5 Å². The highest BCUT2D eigenvalue weighted by Gasteiger charge is 2.24. The molecule has 0 saturated heterocycles. The topological polar surface area (TPSA) is 86.2 Å². The van der Waals surface area contributed by atoms with Crippen molar-refractivity contribution >= 4 is 41.1 Å². The van der Waals surface area contributed by atoms with Crippen LogP contribution in [0.1, 0.15) is 30.5 Å². The molecule has 0 bridgehead atoms. The number of rotatable bonds is 8. The Bertz CT molecular complexity index is 1300. The largest absolute Gasteiger partial charge is 0.490 e. The van der Waals surface area contributed by atoms with Crippen molar-refractivity contribution in [3.8, 4) is 11.5 Å². The molecule has 8 heteroatoms. The molecule has 0 unspecified atom stereocenters. The van der Waals surface area contributed by atoms with E-state index in [0.717, 1.165) is 5.56 Å². The molecule has 1 aliphatic heterocycles. The summed E-state index contributed by atoms with van der Waals surface area (Å²) in [5.74, 6) is 0.317. The van der Waals surface area contributed by atoms with Gasteiger partial charge >= 0.3 is 5.97 Å². The monoisotopic (exact) mass is 490 g/mol. The van der Waals surface area contributed by atoms with Crippen LogP contribution in [0.5, 0.6) is 11.5 Å². The fourth-order valence-electron chi connectivity index (χ4n) is 3.39. The van der Waals surface area contributed by atoms with Crippen LogP contribution in [0, 0.1) is 0 Å². The van der Waals surface area contributed by atoms with Crippen molar-refractivity contribution < 1.29 is 23.8 Å². The third kappa shape index (κ3) is 6.07. The number of carbonyl (C=O) groups excluding carboxylic acids is 2. The average Bonchev–Trinajstić information content (AvgIpc) is 3.19. The molecule has 1 heterocycles. The van der Waals surface area contributed by atoms with Crippen molar-refractivity contribution in [1.29, 1.82) is 0 Å². The highest BCUT2D eigenvalue weighted by Crippen LogP contribution is 2.38. The maximum absolute atomic E-state index is 12.4. The van der Waals surface area contributed by atoms with Gasteiger partial charge in [0, 0.05) is 18.2 Å². The number of benzene rings is 3. The lowest BCUT2D eigenvalue weighted by atomic mass is 10.1. The predicted octanol–water partition coefficient (Wildman–Crippen LogP) is 5.62. The summed E-state index contributed by atoms with van der Waals surface area (Å²) in [6, 6.07) is 20.0. The van der Waals surface area contributed by atoms with Gasteiger partial charge in [0.05, 0.1) is 11.6 Å². The quantitative estimate of drug-likeness (QED) is 0.327. The number of carbonyl (C=O) groups is 2. The zero-order valence-electron chi connectivity index (χ0n) is 19.2. The van der Waals surface area contributed by atoms with Gasteiger partial charge in [0.1, 0.15) is 6.61 Å². The van der Waals surface area contributed by atoms with Crippen LogP contribution in [0.25, 0.3) is 6.08 Å². The van der Waals surface area contributed by atoms with Gasteiger partial charge in [0.15, 0.2) is 17.2 Å². The van der Waals surface area contributed by atoms with E-state index in [4.69, 9.17) is 25.8 Å². The van der Waals surface area contributed by atoms with E-state index >= 15 is 0 Å². The number of anilines is 1. The summed E-state index contributed by atoms with van der Waals surface area (Å²) in [5, 5.41) is 3.03. The Morgan fingerprint density at radius 3 is 2.51 bits per heavy atom. The van der Waals surface area contributed by atoms with E-state index in [9.17, 15) is 9.59 Å². The summed E-state index contributed by atoms with van der Waals surface area (Å²) in [4.78, 5) is 28.0. The van der Waals surface area contributed by atoms with Gasteiger partial charge in [-0.15, -0.1) is 0 Å². The van der Waals surface area contributed by atoms with E-state index in [1.165, 1.54) is 6.92 Å². The Morgan fingerprint density at radius 2 is 1.83 bits per heavy atom. The molecule has 1 aliphatic rings. The Hall–Kier alpha value is -4.10. The van der Waals surface area contributed by atoms with E-state index in [-0.39, 0.29) is 17.5 Å². The smallest absolute Gasteiger partial charge is 0.363 e. The molecule has 1 N–H and O–H groups in total. The van der Waals surface area contributed by atoms with E-state index in [0.29, 0.717) is 46.5 Å². The van der Waals surface area contributed by atoms with Gasteiger partial charge in [-0.2, -0.15) is 0 Å². The lowest BCUT2D eigenvalue weighted by molar-refractivity contribution is -0.129. The van der Waals surface area contributed by atoms with Crippen molar-refractivity contribution in [3.63, 3.8) is 0 Å². The fraction of sp³-hybridized carbons (Fsp3) is 0.148. The Morgan fingerprint density at radius 1 is 1.09 bits per heavy atom. The summed E-state index contributed by atoms with van der Waals surface area (Å²) in [6.45, 7) is 4.04. The normalized spacial score (nSPS) is 13.9. The van der Waals surface area contributed by atoms with Crippen molar-refractivity contribution in [2.75, 3.05) is 11.9 Å². The van der Waals surface area contributed by atoms with Crippen molar-refractivity contribution in [1.82, 2.24) is 0 Å². The number of nitrogens with one attached hydrogen (secondary N) is 1. The molecule has 7 nitrogen and oxygen atoms in total. The second-order valence-electron chi connectivity index (χ2n) is 7.63. The first-order valence-electron chi connectivity index (χ1n) is 11.0. The maximum Gasteiger partial charge on any atom is 0.363 e.